The average molecular weight is 307 g/mol. The average Bonchev–Trinajstić information content (AvgIpc) is 2.16. The van der Waals surface area contributed by atoms with Crippen LogP contribution in [0.25, 0.3) is 0 Å². The molecular weight excluding hydrogens is 300 g/mol. The molecular formula is C7H7BrN4O5. The van der Waals surface area contributed by atoms with Gasteiger partial charge in [-0.05, 0) is 6.07 Å². The molecule has 1 rings (SSSR count). The first-order chi connectivity index (χ1) is 7.41. The molecule has 0 fully saturated rings. The van der Waals surface area contributed by atoms with Crippen LogP contribution in [0.15, 0.2) is 18.2 Å². The number of amidine groups is 1. The van der Waals surface area contributed by atoms with E-state index in [1.807, 2.05) is 0 Å². The third-order valence-electron chi connectivity index (χ3n) is 1.58. The van der Waals surface area contributed by atoms with Crippen molar-refractivity contribution in [3.05, 3.63) is 38.4 Å². The van der Waals surface area contributed by atoms with Crippen LogP contribution in [0.3, 0.4) is 0 Å². The van der Waals surface area contributed by atoms with Crippen LogP contribution in [0, 0.1) is 20.2 Å². The first kappa shape index (κ1) is 14.8. The first-order valence-electron chi connectivity index (χ1n) is 3.90. The minimum atomic E-state index is -0.828. The lowest BCUT2D eigenvalue weighted by Crippen LogP contribution is -3.00. The highest BCUT2D eigenvalue weighted by atomic mass is 79.9. The van der Waals surface area contributed by atoms with Crippen molar-refractivity contribution < 1.29 is 37.0 Å². The zero-order valence-corrected chi connectivity index (χ0v) is 9.79. The van der Waals surface area contributed by atoms with Gasteiger partial charge in [0.25, 0.3) is 5.69 Å². The summed E-state index contributed by atoms with van der Waals surface area (Å²) in [7, 11) is 0. The summed E-state index contributed by atoms with van der Waals surface area (Å²) in [4.78, 5) is 19.4. The van der Waals surface area contributed by atoms with Gasteiger partial charge in [0.15, 0.2) is 0 Å². The molecule has 0 bridgehead atoms. The van der Waals surface area contributed by atoms with E-state index >= 15 is 0 Å². The van der Waals surface area contributed by atoms with Crippen LogP contribution in [-0.2, 0) is 0 Å². The lowest BCUT2D eigenvalue weighted by molar-refractivity contribution is -0.394. The Balaban J connectivity index is 0.00000256. The number of nitro groups is 2. The number of hydrogen-bond donors (Lipinski definition) is 2. The minimum absolute atomic E-state index is 0. The largest absolute Gasteiger partial charge is 1.00 e. The molecule has 0 aliphatic carbocycles. The Morgan fingerprint density at radius 3 is 2.29 bits per heavy atom. The van der Waals surface area contributed by atoms with Crippen LogP contribution < -0.4 is 32.9 Å². The SMILES string of the molecule is NC(=[NH2+])Oc1ccc([N+](=O)[O-])cc1[N+](=O)[O-].[Br-]. The van der Waals surface area contributed by atoms with E-state index in [-0.39, 0.29) is 22.7 Å². The molecule has 9 nitrogen and oxygen atoms in total. The number of halogens is 1. The third-order valence-corrected chi connectivity index (χ3v) is 1.58. The second-order valence-electron chi connectivity index (χ2n) is 2.67. The highest BCUT2D eigenvalue weighted by Crippen LogP contribution is 2.30. The molecule has 1 aromatic carbocycles. The van der Waals surface area contributed by atoms with E-state index < -0.39 is 27.2 Å². The summed E-state index contributed by atoms with van der Waals surface area (Å²) in [6, 6.07) is 2.37. The van der Waals surface area contributed by atoms with Gasteiger partial charge < -0.3 is 21.7 Å². The maximum atomic E-state index is 10.6. The third kappa shape index (κ3) is 3.68. The van der Waals surface area contributed by atoms with E-state index in [1.165, 1.54) is 0 Å². The smallest absolute Gasteiger partial charge is 0.443 e. The van der Waals surface area contributed by atoms with E-state index in [0.29, 0.717) is 0 Å². The number of nitrogens with zero attached hydrogens (tertiary/aromatic N) is 2. The zero-order valence-electron chi connectivity index (χ0n) is 8.20. The van der Waals surface area contributed by atoms with Crippen molar-refractivity contribution in [2.45, 2.75) is 0 Å². The van der Waals surface area contributed by atoms with E-state index in [2.05, 4.69) is 4.74 Å². The maximum absolute atomic E-state index is 10.6. The van der Waals surface area contributed by atoms with Crippen molar-refractivity contribution in [2.75, 3.05) is 0 Å². The first-order valence-corrected chi connectivity index (χ1v) is 3.90. The summed E-state index contributed by atoms with van der Waals surface area (Å²) < 4.78 is 4.65. The fourth-order valence-electron chi connectivity index (χ4n) is 0.975. The van der Waals surface area contributed by atoms with Gasteiger partial charge in [0, 0.05) is 6.07 Å². The Kier molecular flexibility index (Phi) is 4.99. The lowest BCUT2D eigenvalue weighted by atomic mass is 10.2. The molecule has 0 atom stereocenters. The second kappa shape index (κ2) is 5.75. The van der Waals surface area contributed by atoms with Crippen LogP contribution in [-0.4, -0.2) is 15.9 Å². The summed E-state index contributed by atoms with van der Waals surface area (Å²) in [5, 5.41) is 26.0. The van der Waals surface area contributed by atoms with Gasteiger partial charge in [-0.15, -0.1) is 0 Å². The van der Waals surface area contributed by atoms with Gasteiger partial charge in [-0.1, -0.05) is 0 Å². The molecule has 92 valence electrons. The molecule has 0 saturated heterocycles. The van der Waals surface area contributed by atoms with E-state index in [9.17, 15) is 20.2 Å². The van der Waals surface area contributed by atoms with Crippen molar-refractivity contribution in [3.8, 4) is 5.75 Å². The highest BCUT2D eigenvalue weighted by molar-refractivity contribution is 5.70. The van der Waals surface area contributed by atoms with Gasteiger partial charge in [-0.3, -0.25) is 31.4 Å². The molecule has 0 aliphatic rings. The number of ether oxygens (including phenoxy) is 1. The number of benzene rings is 1. The minimum Gasteiger partial charge on any atom is -1.00 e. The van der Waals surface area contributed by atoms with Gasteiger partial charge in [-0.25, -0.2) is 0 Å². The standard InChI is InChI=1S/C7H6N4O5.BrH/c8-7(9)16-6-2-1-4(10(12)13)3-5(6)11(14)15;/h1-3H,(H3,8,9);1H. The fraction of sp³-hybridized carbons (Fsp3) is 0. The number of hydrogen-bond acceptors (Lipinski definition) is 5. The summed E-state index contributed by atoms with van der Waals surface area (Å²) in [6.07, 6.45) is 0. The van der Waals surface area contributed by atoms with Crippen molar-refractivity contribution in [3.63, 3.8) is 0 Å². The van der Waals surface area contributed by atoms with E-state index in [1.54, 1.807) is 0 Å². The number of non-ortho nitro benzene ring substituents is 1. The van der Waals surface area contributed by atoms with Crippen LogP contribution in [0.4, 0.5) is 11.4 Å². The molecule has 0 radical (unpaired) electrons. The maximum Gasteiger partial charge on any atom is 0.443 e. The van der Waals surface area contributed by atoms with Gasteiger partial charge in [0.1, 0.15) is 0 Å². The molecule has 17 heavy (non-hydrogen) atoms. The molecule has 0 spiro atoms. The second-order valence-corrected chi connectivity index (χ2v) is 2.67. The van der Waals surface area contributed by atoms with Gasteiger partial charge in [0.05, 0.1) is 15.9 Å². The molecule has 4 N–H and O–H groups in total. The van der Waals surface area contributed by atoms with Crippen LogP contribution in [0.5, 0.6) is 5.75 Å². The van der Waals surface area contributed by atoms with Crippen LogP contribution >= 0.6 is 0 Å². The Labute approximate surface area is 105 Å². The number of nitrogens with two attached hydrogens (primary N) is 2. The summed E-state index contributed by atoms with van der Waals surface area (Å²) in [5.41, 5.74) is 4.00. The zero-order chi connectivity index (χ0) is 12.3. The molecule has 10 heteroatoms. The summed E-state index contributed by atoms with van der Waals surface area (Å²) in [5.74, 6) is -0.254. The highest BCUT2D eigenvalue weighted by Gasteiger charge is 2.22. The van der Waals surface area contributed by atoms with E-state index in [0.717, 1.165) is 18.2 Å². The van der Waals surface area contributed by atoms with Crippen molar-refractivity contribution in [2.24, 2.45) is 5.73 Å². The van der Waals surface area contributed by atoms with Gasteiger partial charge in [0.2, 0.25) is 5.75 Å². The molecule has 0 amide bonds. The van der Waals surface area contributed by atoms with Gasteiger partial charge in [-0.2, -0.15) is 0 Å². The van der Waals surface area contributed by atoms with Crippen molar-refractivity contribution >= 4 is 17.4 Å². The van der Waals surface area contributed by atoms with Crippen LogP contribution in [0.2, 0.25) is 0 Å². The van der Waals surface area contributed by atoms with Crippen LogP contribution in [0.1, 0.15) is 0 Å². The molecule has 0 heterocycles. The van der Waals surface area contributed by atoms with E-state index in [4.69, 9.17) is 11.1 Å². The number of rotatable bonds is 3. The summed E-state index contributed by atoms with van der Waals surface area (Å²) in [6.45, 7) is 0. The molecule has 0 aromatic heterocycles. The monoisotopic (exact) mass is 306 g/mol. The Hall–Kier alpha value is -2.23. The predicted octanol–water partition coefficient (Wildman–Crippen LogP) is -4.04. The Morgan fingerprint density at radius 1 is 1.29 bits per heavy atom. The normalized spacial score (nSPS) is 8.94. The topological polar surface area (TPSA) is 147 Å². The predicted molar refractivity (Wildman–Crippen MR) is 51.5 cm³/mol. The molecule has 0 unspecified atom stereocenters. The van der Waals surface area contributed by atoms with Crippen molar-refractivity contribution in [1.82, 2.24) is 0 Å². The molecule has 1 aromatic rings. The number of nitro benzene ring substituents is 2. The van der Waals surface area contributed by atoms with Gasteiger partial charge >= 0.3 is 11.7 Å². The molecule has 0 saturated carbocycles. The summed E-state index contributed by atoms with van der Waals surface area (Å²) >= 11 is 0. The Bertz CT molecular complexity index is 477. The molecule has 0 aliphatic heterocycles. The Morgan fingerprint density at radius 2 is 1.88 bits per heavy atom. The van der Waals surface area contributed by atoms with Crippen molar-refractivity contribution in [1.29, 1.82) is 0 Å². The fourth-order valence-corrected chi connectivity index (χ4v) is 0.975. The quantitative estimate of drug-likeness (QED) is 0.251. The lowest BCUT2D eigenvalue weighted by Gasteiger charge is -2.00.